The van der Waals surface area contributed by atoms with Gasteiger partial charge in [-0.2, -0.15) is 0 Å². The Labute approximate surface area is 183 Å². The summed E-state index contributed by atoms with van der Waals surface area (Å²) >= 11 is 0. The van der Waals surface area contributed by atoms with Crippen molar-refractivity contribution in [2.24, 2.45) is 0 Å². The quantitative estimate of drug-likeness (QED) is 0.498. The Hall–Kier alpha value is -3.49. The van der Waals surface area contributed by atoms with Crippen molar-refractivity contribution in [2.75, 3.05) is 20.0 Å². The highest BCUT2D eigenvalue weighted by molar-refractivity contribution is 6.06. The van der Waals surface area contributed by atoms with Crippen LogP contribution in [0.3, 0.4) is 0 Å². The Balaban J connectivity index is 1.54. The number of pyridine rings is 1. The third-order valence-corrected chi connectivity index (χ3v) is 6.26. The fraction of sp³-hybridized carbons (Fsp3) is 0.292. The summed E-state index contributed by atoms with van der Waals surface area (Å²) in [5, 5.41) is 12.9. The van der Waals surface area contributed by atoms with Crippen LogP contribution in [-0.2, 0) is 11.2 Å². The van der Waals surface area contributed by atoms with Gasteiger partial charge in [-0.1, -0.05) is 24.3 Å². The van der Waals surface area contributed by atoms with Gasteiger partial charge in [0.1, 0.15) is 0 Å². The van der Waals surface area contributed by atoms with Gasteiger partial charge in [-0.3, -0.25) is 9.36 Å². The van der Waals surface area contributed by atoms with E-state index >= 15 is 0 Å². The van der Waals surface area contributed by atoms with Crippen LogP contribution in [0.2, 0.25) is 0 Å². The molecule has 0 aliphatic carbocycles. The van der Waals surface area contributed by atoms with E-state index in [2.05, 4.69) is 9.97 Å². The van der Waals surface area contributed by atoms with Gasteiger partial charge in [0.25, 0.3) is 11.4 Å². The predicted octanol–water partition coefficient (Wildman–Crippen LogP) is 2.59. The standard InChI is InChI=1S/C24H21N3O5/c28-20-6-8-30-11-19(20)27-12-26-21-17-4-2-1-3-16(17)15(10-18(21)24(27)29)9-14-5-7-25-23-22(14)31-13-32-23/h1-5,7,10,12,19-20,28H,6,8-9,11,13H2/t19-,20-/m0/s1. The highest BCUT2D eigenvalue weighted by Crippen LogP contribution is 2.36. The third kappa shape index (κ3) is 3.03. The fourth-order valence-corrected chi connectivity index (χ4v) is 4.62. The van der Waals surface area contributed by atoms with Crippen molar-refractivity contribution in [2.45, 2.75) is 25.0 Å². The molecule has 0 unspecified atom stereocenters. The van der Waals surface area contributed by atoms with Gasteiger partial charge >= 0.3 is 0 Å². The number of nitrogens with zero attached hydrogens (tertiary/aromatic N) is 3. The first-order valence-electron chi connectivity index (χ1n) is 10.6. The second-order valence-corrected chi connectivity index (χ2v) is 8.12. The van der Waals surface area contributed by atoms with Crippen molar-refractivity contribution >= 4 is 21.7 Å². The number of aliphatic hydroxyl groups is 1. The zero-order chi connectivity index (χ0) is 21.7. The number of fused-ring (bicyclic) bond motifs is 4. The number of hydrogen-bond donors (Lipinski definition) is 1. The summed E-state index contributed by atoms with van der Waals surface area (Å²) in [6.07, 6.45) is 3.63. The van der Waals surface area contributed by atoms with E-state index < -0.39 is 12.1 Å². The molecule has 0 bridgehead atoms. The van der Waals surface area contributed by atoms with Gasteiger partial charge in [-0.15, -0.1) is 0 Å². The lowest BCUT2D eigenvalue weighted by molar-refractivity contribution is -0.0303. The first-order valence-corrected chi connectivity index (χ1v) is 10.6. The lowest BCUT2D eigenvalue weighted by Crippen LogP contribution is -2.39. The molecule has 0 spiro atoms. The molecule has 2 aliphatic heterocycles. The Bertz CT molecular complexity index is 1400. The molecule has 2 atom stereocenters. The second kappa shape index (κ2) is 7.58. The summed E-state index contributed by atoms with van der Waals surface area (Å²) in [5.41, 5.74) is 2.39. The molecule has 32 heavy (non-hydrogen) atoms. The van der Waals surface area contributed by atoms with Crippen molar-refractivity contribution in [3.63, 3.8) is 0 Å². The summed E-state index contributed by atoms with van der Waals surface area (Å²) < 4.78 is 18.1. The van der Waals surface area contributed by atoms with Gasteiger partial charge in [-0.05, 0) is 29.5 Å². The van der Waals surface area contributed by atoms with Gasteiger partial charge in [0.05, 0.1) is 36.0 Å². The molecule has 0 radical (unpaired) electrons. The first kappa shape index (κ1) is 19.2. The summed E-state index contributed by atoms with van der Waals surface area (Å²) in [6.45, 7) is 0.928. The highest BCUT2D eigenvalue weighted by atomic mass is 16.7. The van der Waals surface area contributed by atoms with E-state index in [-0.39, 0.29) is 19.0 Å². The molecule has 8 heteroatoms. The van der Waals surface area contributed by atoms with E-state index in [0.717, 1.165) is 21.9 Å². The third-order valence-electron chi connectivity index (χ3n) is 6.26. The molecule has 6 rings (SSSR count). The SMILES string of the molecule is O=c1c2cc(Cc3ccnc4c3OCO4)c3ccccc3c2ncn1[C@H]1COCC[C@@H]1O. The van der Waals surface area contributed by atoms with E-state index in [0.29, 0.717) is 42.0 Å². The minimum atomic E-state index is -0.641. The van der Waals surface area contributed by atoms with Gasteiger partial charge in [-0.25, -0.2) is 9.97 Å². The van der Waals surface area contributed by atoms with Crippen LogP contribution in [0.1, 0.15) is 23.6 Å². The number of benzene rings is 2. The largest absolute Gasteiger partial charge is 0.451 e. The molecule has 1 saturated heterocycles. The molecule has 0 saturated carbocycles. The van der Waals surface area contributed by atoms with Gasteiger partial charge in [0.2, 0.25) is 6.79 Å². The average Bonchev–Trinajstić information content (AvgIpc) is 3.31. The van der Waals surface area contributed by atoms with E-state index in [1.807, 2.05) is 36.4 Å². The zero-order valence-corrected chi connectivity index (χ0v) is 17.2. The lowest BCUT2D eigenvalue weighted by Gasteiger charge is -2.29. The smallest absolute Gasteiger partial charge is 0.261 e. The predicted molar refractivity (Wildman–Crippen MR) is 117 cm³/mol. The molecule has 4 heterocycles. The normalized spacial score (nSPS) is 20.2. The molecule has 162 valence electrons. The monoisotopic (exact) mass is 431 g/mol. The number of aliphatic hydroxyl groups excluding tert-OH is 1. The van der Waals surface area contributed by atoms with E-state index in [9.17, 15) is 9.90 Å². The summed E-state index contributed by atoms with van der Waals surface area (Å²) in [6, 6.07) is 11.3. The van der Waals surface area contributed by atoms with Crippen LogP contribution in [0, 0.1) is 0 Å². The van der Waals surface area contributed by atoms with Crippen LogP contribution in [0.5, 0.6) is 11.6 Å². The Kier molecular flexibility index (Phi) is 4.55. The number of hydrogen-bond acceptors (Lipinski definition) is 7. The molecular formula is C24H21N3O5. The van der Waals surface area contributed by atoms with Crippen LogP contribution in [0.4, 0.5) is 0 Å². The lowest BCUT2D eigenvalue weighted by atomic mass is 9.96. The first-order chi connectivity index (χ1) is 15.7. The van der Waals surface area contributed by atoms with Crippen molar-refractivity contribution < 1.29 is 19.3 Å². The van der Waals surface area contributed by atoms with Crippen LogP contribution in [0.25, 0.3) is 21.7 Å². The van der Waals surface area contributed by atoms with Crippen LogP contribution in [-0.4, -0.2) is 45.8 Å². The van der Waals surface area contributed by atoms with E-state index in [1.54, 1.807) is 6.20 Å². The molecule has 2 aliphatic rings. The maximum absolute atomic E-state index is 13.5. The Morgan fingerprint density at radius 1 is 1.06 bits per heavy atom. The molecule has 8 nitrogen and oxygen atoms in total. The summed E-state index contributed by atoms with van der Waals surface area (Å²) in [5.74, 6) is 1.13. The minimum absolute atomic E-state index is 0.151. The van der Waals surface area contributed by atoms with Crippen molar-refractivity contribution in [1.29, 1.82) is 0 Å². The number of aromatic nitrogens is 3. The van der Waals surface area contributed by atoms with E-state index in [1.165, 1.54) is 10.9 Å². The average molecular weight is 431 g/mol. The number of rotatable bonds is 3. The summed E-state index contributed by atoms with van der Waals surface area (Å²) in [4.78, 5) is 22.4. The van der Waals surface area contributed by atoms with Crippen molar-refractivity contribution in [3.05, 3.63) is 70.4 Å². The molecule has 4 aromatic rings. The van der Waals surface area contributed by atoms with Gasteiger partial charge in [0, 0.05) is 30.2 Å². The maximum atomic E-state index is 13.5. The van der Waals surface area contributed by atoms with Gasteiger partial charge < -0.3 is 19.3 Å². The molecule has 2 aromatic heterocycles. The van der Waals surface area contributed by atoms with Crippen LogP contribution >= 0.6 is 0 Å². The Morgan fingerprint density at radius 3 is 2.81 bits per heavy atom. The molecule has 1 fully saturated rings. The van der Waals surface area contributed by atoms with Crippen LogP contribution in [0.15, 0.2) is 53.7 Å². The van der Waals surface area contributed by atoms with Crippen LogP contribution < -0.4 is 15.0 Å². The summed E-state index contributed by atoms with van der Waals surface area (Å²) in [7, 11) is 0. The van der Waals surface area contributed by atoms with Crippen molar-refractivity contribution in [1.82, 2.24) is 14.5 Å². The van der Waals surface area contributed by atoms with Crippen molar-refractivity contribution in [3.8, 4) is 11.6 Å². The zero-order valence-electron chi connectivity index (χ0n) is 17.2. The number of ether oxygens (including phenoxy) is 3. The fourth-order valence-electron chi connectivity index (χ4n) is 4.62. The minimum Gasteiger partial charge on any atom is -0.451 e. The molecule has 2 aromatic carbocycles. The molecular weight excluding hydrogens is 410 g/mol. The highest BCUT2D eigenvalue weighted by Gasteiger charge is 2.27. The topological polar surface area (TPSA) is 95.7 Å². The second-order valence-electron chi connectivity index (χ2n) is 8.12. The maximum Gasteiger partial charge on any atom is 0.261 e. The Morgan fingerprint density at radius 2 is 1.94 bits per heavy atom. The van der Waals surface area contributed by atoms with E-state index in [4.69, 9.17) is 14.2 Å². The molecule has 0 amide bonds. The molecule has 1 N–H and O–H groups in total. The van der Waals surface area contributed by atoms with Gasteiger partial charge in [0.15, 0.2) is 5.75 Å².